The van der Waals surface area contributed by atoms with Crippen molar-refractivity contribution >= 4 is 40.0 Å². The van der Waals surface area contributed by atoms with E-state index in [1.54, 1.807) is 11.8 Å². The number of rotatable bonds is 3. The highest BCUT2D eigenvalue weighted by Gasteiger charge is 2.34. The van der Waals surface area contributed by atoms with Gasteiger partial charge in [-0.25, -0.2) is 18.7 Å². The predicted molar refractivity (Wildman–Crippen MR) is 105 cm³/mol. The lowest BCUT2D eigenvalue weighted by Gasteiger charge is -2.33. The number of H-pyrrole nitrogens is 1. The zero-order chi connectivity index (χ0) is 20.9. The number of aromatic nitrogens is 3. The Labute approximate surface area is 174 Å². The van der Waals surface area contributed by atoms with Crippen molar-refractivity contribution in [1.82, 2.24) is 19.9 Å². The minimum atomic E-state index is -2.74. The number of methoxy groups -OCH3 is 1. The van der Waals surface area contributed by atoms with Crippen LogP contribution in [0.15, 0.2) is 18.5 Å². The SMILES string of the molecule is COc1cnc(C(=O)N2CCc3[nH]c4c(Cl)c(Cl)cc(C(F)F)c4c3C2C)nc1. The van der Waals surface area contributed by atoms with Gasteiger partial charge in [-0.05, 0) is 13.0 Å². The van der Waals surface area contributed by atoms with Crippen molar-refractivity contribution in [3.63, 3.8) is 0 Å². The Morgan fingerprint density at radius 1 is 1.34 bits per heavy atom. The van der Waals surface area contributed by atoms with Gasteiger partial charge < -0.3 is 14.6 Å². The Bertz CT molecular complexity index is 1100. The van der Waals surface area contributed by atoms with Gasteiger partial charge in [0.2, 0.25) is 5.82 Å². The highest BCUT2D eigenvalue weighted by atomic mass is 35.5. The number of halogens is 4. The summed E-state index contributed by atoms with van der Waals surface area (Å²) in [6, 6.07) is 0.700. The molecule has 3 heterocycles. The van der Waals surface area contributed by atoms with E-state index in [4.69, 9.17) is 27.9 Å². The third-order valence-corrected chi connectivity index (χ3v) is 5.95. The fraction of sp³-hybridized carbons (Fsp3) is 0.316. The van der Waals surface area contributed by atoms with E-state index >= 15 is 0 Å². The fourth-order valence-corrected chi connectivity index (χ4v) is 4.18. The largest absolute Gasteiger partial charge is 0.494 e. The van der Waals surface area contributed by atoms with Crippen LogP contribution in [0.3, 0.4) is 0 Å². The van der Waals surface area contributed by atoms with Crippen LogP contribution in [0.5, 0.6) is 5.75 Å². The molecule has 1 aliphatic rings. The molecule has 152 valence electrons. The number of ether oxygens (including phenoxy) is 1. The number of hydrogen-bond donors (Lipinski definition) is 1. The Morgan fingerprint density at radius 3 is 2.66 bits per heavy atom. The van der Waals surface area contributed by atoms with Crippen LogP contribution in [0.2, 0.25) is 10.0 Å². The predicted octanol–water partition coefficient (Wildman–Crippen LogP) is 4.97. The molecule has 0 aliphatic carbocycles. The van der Waals surface area contributed by atoms with E-state index in [1.807, 2.05) is 0 Å². The van der Waals surface area contributed by atoms with Crippen LogP contribution >= 0.6 is 23.2 Å². The van der Waals surface area contributed by atoms with Crippen LogP contribution in [0.1, 0.15) is 46.8 Å². The summed E-state index contributed by atoms with van der Waals surface area (Å²) < 4.78 is 32.5. The zero-order valence-corrected chi connectivity index (χ0v) is 17.0. The Hall–Kier alpha value is -2.45. The summed E-state index contributed by atoms with van der Waals surface area (Å²) in [4.78, 5) is 25.8. The minimum Gasteiger partial charge on any atom is -0.494 e. The number of aromatic amines is 1. The number of nitrogens with zero attached hydrogens (tertiary/aromatic N) is 3. The summed E-state index contributed by atoms with van der Waals surface area (Å²) in [5.41, 5.74) is 1.52. The normalized spacial score (nSPS) is 16.4. The number of carbonyl (C=O) groups excluding carboxylic acids is 1. The number of carbonyl (C=O) groups is 1. The molecule has 10 heteroatoms. The maximum Gasteiger partial charge on any atom is 0.292 e. The number of benzene rings is 1. The lowest BCUT2D eigenvalue weighted by atomic mass is 9.94. The second-order valence-electron chi connectivity index (χ2n) is 6.70. The molecule has 3 aromatic rings. The van der Waals surface area contributed by atoms with Crippen LogP contribution in [0.4, 0.5) is 8.78 Å². The first-order chi connectivity index (χ1) is 13.8. The van der Waals surface area contributed by atoms with Gasteiger partial charge in [0, 0.05) is 35.2 Å². The Morgan fingerprint density at radius 2 is 2.03 bits per heavy atom. The first kappa shape index (κ1) is 19.8. The summed E-state index contributed by atoms with van der Waals surface area (Å²) in [6.07, 6.45) is 0.522. The summed E-state index contributed by atoms with van der Waals surface area (Å²) in [5, 5.41) is 0.550. The van der Waals surface area contributed by atoms with E-state index in [-0.39, 0.29) is 27.3 Å². The molecule has 4 rings (SSSR count). The average molecular weight is 441 g/mol. The molecular weight excluding hydrogens is 425 g/mol. The highest BCUT2D eigenvalue weighted by Crippen LogP contribution is 2.44. The quantitative estimate of drug-likeness (QED) is 0.623. The summed E-state index contributed by atoms with van der Waals surface area (Å²) in [6.45, 7) is 2.16. The number of alkyl halides is 2. The van der Waals surface area contributed by atoms with E-state index in [1.165, 1.54) is 25.6 Å². The Kier molecular flexibility index (Phi) is 5.08. The molecule has 1 amide bonds. The second-order valence-corrected chi connectivity index (χ2v) is 7.49. The molecule has 0 saturated carbocycles. The van der Waals surface area contributed by atoms with E-state index in [0.29, 0.717) is 35.2 Å². The van der Waals surface area contributed by atoms with Crippen molar-refractivity contribution in [3.8, 4) is 5.75 Å². The maximum atomic E-state index is 13.7. The van der Waals surface area contributed by atoms with Crippen LogP contribution in [0, 0.1) is 0 Å². The first-order valence-electron chi connectivity index (χ1n) is 8.81. The van der Waals surface area contributed by atoms with Crippen molar-refractivity contribution in [2.45, 2.75) is 25.8 Å². The van der Waals surface area contributed by atoms with Crippen molar-refractivity contribution in [1.29, 1.82) is 0 Å². The van der Waals surface area contributed by atoms with Crippen molar-refractivity contribution in [2.75, 3.05) is 13.7 Å². The summed E-state index contributed by atoms with van der Waals surface area (Å²) in [7, 11) is 1.48. The number of hydrogen-bond acceptors (Lipinski definition) is 4. The molecule has 0 bridgehead atoms. The minimum absolute atomic E-state index is 0.0103. The van der Waals surface area contributed by atoms with Crippen LogP contribution in [0.25, 0.3) is 10.9 Å². The summed E-state index contributed by atoms with van der Waals surface area (Å²) in [5.74, 6) is 0.0511. The topological polar surface area (TPSA) is 71.1 Å². The fourth-order valence-electron chi connectivity index (χ4n) is 3.77. The van der Waals surface area contributed by atoms with Gasteiger partial charge in [0.25, 0.3) is 12.3 Å². The van der Waals surface area contributed by atoms with Gasteiger partial charge >= 0.3 is 0 Å². The lowest BCUT2D eigenvalue weighted by molar-refractivity contribution is 0.0665. The van der Waals surface area contributed by atoms with Crippen molar-refractivity contribution < 1.29 is 18.3 Å². The van der Waals surface area contributed by atoms with Crippen LogP contribution in [-0.4, -0.2) is 39.4 Å². The van der Waals surface area contributed by atoms with Gasteiger partial charge in [-0.1, -0.05) is 23.2 Å². The molecule has 0 fully saturated rings. The molecular formula is C19H16Cl2F2N4O2. The van der Waals surface area contributed by atoms with Gasteiger partial charge in [0.1, 0.15) is 0 Å². The molecule has 1 aliphatic heterocycles. The number of fused-ring (bicyclic) bond motifs is 3. The van der Waals surface area contributed by atoms with E-state index < -0.39 is 12.5 Å². The smallest absolute Gasteiger partial charge is 0.292 e. The van der Waals surface area contributed by atoms with Gasteiger partial charge in [-0.2, -0.15) is 0 Å². The molecule has 1 aromatic carbocycles. The highest BCUT2D eigenvalue weighted by molar-refractivity contribution is 6.45. The standard InChI is InChI=1S/C19H16Cl2F2N4O2/c1-8-13-12(26-16-14(13)10(17(22)23)5-11(20)15(16)21)3-4-27(8)19(28)18-24-6-9(29-2)7-25-18/h5-8,17,26H,3-4H2,1-2H3. The molecule has 2 aromatic heterocycles. The second kappa shape index (κ2) is 7.42. The van der Waals surface area contributed by atoms with E-state index in [9.17, 15) is 13.6 Å². The zero-order valence-electron chi connectivity index (χ0n) is 15.5. The molecule has 0 radical (unpaired) electrons. The van der Waals surface area contributed by atoms with Crippen molar-refractivity contribution in [3.05, 3.63) is 51.2 Å². The Balaban J connectivity index is 1.80. The summed E-state index contributed by atoms with van der Waals surface area (Å²) >= 11 is 12.3. The van der Waals surface area contributed by atoms with Gasteiger partial charge in [0.05, 0.1) is 41.1 Å². The van der Waals surface area contributed by atoms with Gasteiger partial charge in [-0.3, -0.25) is 4.79 Å². The molecule has 0 saturated heterocycles. The number of nitrogens with one attached hydrogen (secondary N) is 1. The van der Waals surface area contributed by atoms with Gasteiger partial charge in [0.15, 0.2) is 5.75 Å². The van der Waals surface area contributed by atoms with Crippen molar-refractivity contribution in [2.24, 2.45) is 0 Å². The third kappa shape index (κ3) is 3.20. The first-order valence-corrected chi connectivity index (χ1v) is 9.56. The molecule has 6 nitrogen and oxygen atoms in total. The molecule has 1 N–H and O–H groups in total. The molecule has 1 atom stereocenters. The number of amides is 1. The van der Waals surface area contributed by atoms with E-state index in [2.05, 4.69) is 15.0 Å². The van der Waals surface area contributed by atoms with Crippen LogP contribution < -0.4 is 4.74 Å². The molecule has 0 spiro atoms. The average Bonchev–Trinajstić information content (AvgIpc) is 3.11. The third-order valence-electron chi connectivity index (χ3n) is 5.16. The molecule has 29 heavy (non-hydrogen) atoms. The lowest BCUT2D eigenvalue weighted by Crippen LogP contribution is -2.39. The molecule has 1 unspecified atom stereocenters. The maximum absolute atomic E-state index is 13.7. The van der Waals surface area contributed by atoms with E-state index in [0.717, 1.165) is 5.69 Å². The van der Waals surface area contributed by atoms with Gasteiger partial charge in [-0.15, -0.1) is 0 Å². The monoisotopic (exact) mass is 440 g/mol. The van der Waals surface area contributed by atoms with Crippen LogP contribution in [-0.2, 0) is 6.42 Å².